The lowest BCUT2D eigenvalue weighted by Crippen LogP contribution is -2.30. The summed E-state index contributed by atoms with van der Waals surface area (Å²) in [5, 5.41) is 22.4. The zero-order valence-electron chi connectivity index (χ0n) is 10.9. The Morgan fingerprint density at radius 2 is 2.00 bits per heavy atom. The van der Waals surface area contributed by atoms with Crippen molar-refractivity contribution in [2.75, 3.05) is 5.32 Å². The maximum absolute atomic E-state index is 12.2. The van der Waals surface area contributed by atoms with E-state index in [1.54, 1.807) is 0 Å². The van der Waals surface area contributed by atoms with Crippen LogP contribution in [0.15, 0.2) is 22.7 Å². The Hall–Kier alpha value is -1.96. The quantitative estimate of drug-likeness (QED) is 0.636. The second-order valence-electron chi connectivity index (χ2n) is 4.89. The van der Waals surface area contributed by atoms with Gasteiger partial charge in [-0.2, -0.15) is 0 Å². The van der Waals surface area contributed by atoms with E-state index >= 15 is 0 Å². The van der Waals surface area contributed by atoms with E-state index in [-0.39, 0.29) is 11.4 Å². The molecule has 0 unspecified atom stereocenters. The van der Waals surface area contributed by atoms with Crippen LogP contribution in [0, 0.1) is 22.0 Å². The van der Waals surface area contributed by atoms with E-state index in [4.69, 9.17) is 5.11 Å². The minimum Gasteiger partial charge on any atom is -0.481 e. The second kappa shape index (κ2) is 6.21. The molecule has 1 saturated carbocycles. The summed E-state index contributed by atoms with van der Waals surface area (Å²) in [6.45, 7) is 0. The highest BCUT2D eigenvalue weighted by molar-refractivity contribution is 9.10. The predicted molar refractivity (Wildman–Crippen MR) is 77.9 cm³/mol. The number of nitrogens with zero attached hydrogens (tertiary/aromatic N) is 1. The van der Waals surface area contributed by atoms with E-state index in [1.165, 1.54) is 18.2 Å². The van der Waals surface area contributed by atoms with Gasteiger partial charge >= 0.3 is 5.97 Å². The average Bonchev–Trinajstić information content (AvgIpc) is 2.90. The van der Waals surface area contributed by atoms with Crippen LogP contribution in [-0.2, 0) is 9.59 Å². The van der Waals surface area contributed by atoms with E-state index in [9.17, 15) is 19.7 Å². The minimum absolute atomic E-state index is 0.144. The molecular formula is C13H13BrN2O5. The van der Waals surface area contributed by atoms with Gasteiger partial charge in [-0.15, -0.1) is 0 Å². The molecule has 1 fully saturated rings. The maximum Gasteiger partial charge on any atom is 0.307 e. The van der Waals surface area contributed by atoms with Crippen molar-refractivity contribution in [2.45, 2.75) is 19.3 Å². The first-order chi connectivity index (χ1) is 9.90. The molecule has 2 N–H and O–H groups in total. The Balaban J connectivity index is 2.18. The fraction of sp³-hybridized carbons (Fsp3) is 0.385. The average molecular weight is 357 g/mol. The van der Waals surface area contributed by atoms with Crippen LogP contribution in [0.2, 0.25) is 0 Å². The van der Waals surface area contributed by atoms with E-state index < -0.39 is 28.6 Å². The van der Waals surface area contributed by atoms with Crippen molar-refractivity contribution in [1.82, 2.24) is 0 Å². The van der Waals surface area contributed by atoms with Crippen molar-refractivity contribution in [3.05, 3.63) is 32.8 Å². The molecular weight excluding hydrogens is 344 g/mol. The molecule has 0 saturated heterocycles. The topological polar surface area (TPSA) is 110 Å². The molecule has 0 spiro atoms. The summed E-state index contributed by atoms with van der Waals surface area (Å²) in [7, 11) is 0. The number of carboxylic acids is 1. The molecule has 2 atom stereocenters. The Bertz CT molecular complexity index is 604. The van der Waals surface area contributed by atoms with Crippen LogP contribution in [0.4, 0.5) is 11.4 Å². The van der Waals surface area contributed by atoms with Crippen LogP contribution in [0.5, 0.6) is 0 Å². The number of benzene rings is 1. The molecule has 0 heterocycles. The highest BCUT2D eigenvalue weighted by atomic mass is 79.9. The SMILES string of the molecule is O=C(O)[C@H]1CCC[C@H]1C(=O)Nc1cc([N+](=O)[O-])ccc1Br. The number of nitro groups is 1. The minimum atomic E-state index is -0.981. The van der Waals surface area contributed by atoms with E-state index in [0.717, 1.165) is 0 Å². The highest BCUT2D eigenvalue weighted by Gasteiger charge is 2.37. The van der Waals surface area contributed by atoms with Crippen LogP contribution in [0.1, 0.15) is 19.3 Å². The predicted octanol–water partition coefficient (Wildman–Crippen LogP) is 2.80. The smallest absolute Gasteiger partial charge is 0.307 e. The van der Waals surface area contributed by atoms with E-state index in [1.807, 2.05) is 0 Å². The molecule has 0 aliphatic heterocycles. The van der Waals surface area contributed by atoms with Crippen LogP contribution in [-0.4, -0.2) is 21.9 Å². The number of non-ortho nitro benzene ring substituents is 1. The molecule has 0 radical (unpaired) electrons. The fourth-order valence-electron chi connectivity index (χ4n) is 2.52. The third kappa shape index (κ3) is 3.38. The summed E-state index contributed by atoms with van der Waals surface area (Å²) < 4.78 is 0.506. The van der Waals surface area contributed by atoms with Crippen molar-refractivity contribution >= 4 is 39.2 Å². The number of carbonyl (C=O) groups is 2. The summed E-state index contributed by atoms with van der Waals surface area (Å²) in [5.74, 6) is -2.69. The second-order valence-corrected chi connectivity index (χ2v) is 5.75. The van der Waals surface area contributed by atoms with Crippen molar-refractivity contribution < 1.29 is 19.6 Å². The summed E-state index contributed by atoms with van der Waals surface area (Å²) >= 11 is 3.21. The Labute approximate surface area is 128 Å². The highest BCUT2D eigenvalue weighted by Crippen LogP contribution is 2.34. The molecule has 0 bridgehead atoms. The van der Waals surface area contributed by atoms with Gasteiger partial charge in [0.15, 0.2) is 0 Å². The number of hydrogen-bond donors (Lipinski definition) is 2. The third-order valence-corrected chi connectivity index (χ3v) is 4.28. The summed E-state index contributed by atoms with van der Waals surface area (Å²) in [6, 6.07) is 4.03. The molecule has 1 amide bonds. The van der Waals surface area contributed by atoms with Gasteiger partial charge in [0.25, 0.3) is 5.69 Å². The van der Waals surface area contributed by atoms with Crippen molar-refractivity contribution in [3.8, 4) is 0 Å². The Kier molecular flexibility index (Phi) is 4.56. The molecule has 112 valence electrons. The van der Waals surface area contributed by atoms with Crippen LogP contribution < -0.4 is 5.32 Å². The summed E-state index contributed by atoms with van der Waals surface area (Å²) in [5.41, 5.74) is 0.125. The van der Waals surface area contributed by atoms with Gasteiger partial charge in [0.1, 0.15) is 0 Å². The van der Waals surface area contributed by atoms with Crippen molar-refractivity contribution in [1.29, 1.82) is 0 Å². The normalized spacial score (nSPS) is 21.0. The standard InChI is InChI=1S/C13H13BrN2O5/c14-10-5-4-7(16(20)21)6-11(10)15-12(17)8-2-1-3-9(8)13(18)19/h4-6,8-9H,1-3H2,(H,15,17)(H,18,19)/t8-,9+/m1/s1. The number of amides is 1. The van der Waals surface area contributed by atoms with Gasteiger partial charge in [-0.05, 0) is 34.8 Å². The number of nitrogens with one attached hydrogen (secondary N) is 1. The zero-order valence-corrected chi connectivity index (χ0v) is 12.5. The lowest BCUT2D eigenvalue weighted by atomic mass is 9.95. The molecule has 0 aromatic heterocycles. The lowest BCUT2D eigenvalue weighted by molar-refractivity contribution is -0.384. The number of nitro benzene ring substituents is 1. The van der Waals surface area contributed by atoms with Gasteiger partial charge in [-0.1, -0.05) is 6.42 Å². The number of rotatable bonds is 4. The van der Waals surface area contributed by atoms with Crippen molar-refractivity contribution in [3.63, 3.8) is 0 Å². The first-order valence-electron chi connectivity index (χ1n) is 6.37. The van der Waals surface area contributed by atoms with Gasteiger partial charge < -0.3 is 10.4 Å². The lowest BCUT2D eigenvalue weighted by Gasteiger charge is -2.16. The molecule has 2 rings (SSSR count). The van der Waals surface area contributed by atoms with Crippen molar-refractivity contribution in [2.24, 2.45) is 11.8 Å². The summed E-state index contributed by atoms with van der Waals surface area (Å²) in [4.78, 5) is 33.5. The molecule has 1 aromatic rings. The molecule has 1 aliphatic carbocycles. The van der Waals surface area contributed by atoms with Gasteiger partial charge in [0.2, 0.25) is 5.91 Å². The van der Waals surface area contributed by atoms with E-state index in [0.29, 0.717) is 23.7 Å². The molecule has 21 heavy (non-hydrogen) atoms. The number of carboxylic acid groups (broad SMARTS) is 1. The number of hydrogen-bond acceptors (Lipinski definition) is 4. The van der Waals surface area contributed by atoms with Crippen LogP contribution >= 0.6 is 15.9 Å². The number of aliphatic carboxylic acids is 1. The zero-order chi connectivity index (χ0) is 15.6. The Morgan fingerprint density at radius 3 is 2.62 bits per heavy atom. The molecule has 7 nitrogen and oxygen atoms in total. The van der Waals surface area contributed by atoms with Gasteiger partial charge in [0.05, 0.1) is 22.4 Å². The summed E-state index contributed by atoms with van der Waals surface area (Å²) in [6.07, 6.45) is 1.67. The number of halogens is 1. The Morgan fingerprint density at radius 1 is 1.33 bits per heavy atom. The third-order valence-electron chi connectivity index (χ3n) is 3.59. The molecule has 8 heteroatoms. The first-order valence-corrected chi connectivity index (χ1v) is 7.17. The number of carbonyl (C=O) groups excluding carboxylic acids is 1. The molecule has 1 aromatic carbocycles. The number of anilines is 1. The maximum atomic E-state index is 12.2. The fourth-order valence-corrected chi connectivity index (χ4v) is 2.86. The largest absolute Gasteiger partial charge is 0.481 e. The van der Waals surface area contributed by atoms with Gasteiger partial charge in [0, 0.05) is 16.6 Å². The first kappa shape index (κ1) is 15.4. The molecule has 1 aliphatic rings. The van der Waals surface area contributed by atoms with Crippen LogP contribution in [0.3, 0.4) is 0 Å². The van der Waals surface area contributed by atoms with Gasteiger partial charge in [-0.3, -0.25) is 19.7 Å². The monoisotopic (exact) mass is 356 g/mol. The van der Waals surface area contributed by atoms with Crippen LogP contribution in [0.25, 0.3) is 0 Å². The van der Waals surface area contributed by atoms with Gasteiger partial charge in [-0.25, -0.2) is 0 Å². The van der Waals surface area contributed by atoms with E-state index in [2.05, 4.69) is 21.2 Å².